The van der Waals surface area contributed by atoms with Gasteiger partial charge in [0.25, 0.3) is 0 Å². The first kappa shape index (κ1) is 18.4. The van der Waals surface area contributed by atoms with Crippen LogP contribution in [0.1, 0.15) is 67.2 Å². The van der Waals surface area contributed by atoms with Crippen molar-refractivity contribution < 1.29 is 4.79 Å². The lowest BCUT2D eigenvalue weighted by Gasteiger charge is -2.33. The smallest absolute Gasteiger partial charge is 0.227 e. The Morgan fingerprint density at radius 1 is 1.21 bits per heavy atom. The van der Waals surface area contributed by atoms with Gasteiger partial charge in [-0.05, 0) is 32.1 Å². The maximum Gasteiger partial charge on any atom is 0.227 e. The summed E-state index contributed by atoms with van der Waals surface area (Å²) in [6.45, 7) is 14.2. The summed E-state index contributed by atoms with van der Waals surface area (Å²) in [7, 11) is 0. The lowest BCUT2D eigenvalue weighted by atomic mass is 9.84. The summed E-state index contributed by atoms with van der Waals surface area (Å²) < 4.78 is 0. The van der Waals surface area contributed by atoms with E-state index < -0.39 is 0 Å². The third-order valence-electron chi connectivity index (χ3n) is 3.40. The number of nitrogens with zero attached hydrogens (tertiary/aromatic N) is 1. The summed E-state index contributed by atoms with van der Waals surface area (Å²) in [5.41, 5.74) is 5.97. The first-order valence-corrected chi connectivity index (χ1v) is 7.73. The molecule has 0 aromatic rings. The fraction of sp³-hybridized carbons (Fsp3) is 0.938. The number of carbonyl (C=O) groups is 1. The summed E-state index contributed by atoms with van der Waals surface area (Å²) in [5, 5.41) is 0. The predicted molar refractivity (Wildman–Crippen MR) is 83.0 cm³/mol. The highest BCUT2D eigenvalue weighted by atomic mass is 16.2. The van der Waals surface area contributed by atoms with Gasteiger partial charge in [-0.25, -0.2) is 0 Å². The molecule has 0 heterocycles. The normalized spacial score (nSPS) is 13.7. The van der Waals surface area contributed by atoms with Gasteiger partial charge in [-0.2, -0.15) is 0 Å². The van der Waals surface area contributed by atoms with Crippen molar-refractivity contribution in [3.8, 4) is 0 Å². The van der Waals surface area contributed by atoms with Crippen LogP contribution in [0.25, 0.3) is 0 Å². The third-order valence-corrected chi connectivity index (χ3v) is 3.40. The number of nitrogens with two attached hydrogens (primary N) is 1. The Morgan fingerprint density at radius 3 is 2.16 bits per heavy atom. The molecule has 0 aliphatic carbocycles. The lowest BCUT2D eigenvalue weighted by Crippen LogP contribution is -2.44. The van der Waals surface area contributed by atoms with Gasteiger partial charge in [0.15, 0.2) is 0 Å². The number of amides is 1. The van der Waals surface area contributed by atoms with Crippen molar-refractivity contribution in [3.63, 3.8) is 0 Å². The Balaban J connectivity index is 4.66. The molecule has 3 heteroatoms. The van der Waals surface area contributed by atoms with Gasteiger partial charge in [0.1, 0.15) is 0 Å². The Morgan fingerprint density at radius 2 is 1.79 bits per heavy atom. The summed E-state index contributed by atoms with van der Waals surface area (Å²) in [5.74, 6) is 0.201. The van der Waals surface area contributed by atoms with Crippen LogP contribution in [0.2, 0.25) is 0 Å². The molecule has 19 heavy (non-hydrogen) atoms. The molecular formula is C16H34N2O. The largest absolute Gasteiger partial charge is 0.340 e. The van der Waals surface area contributed by atoms with Crippen molar-refractivity contribution >= 4 is 5.91 Å². The molecule has 2 N–H and O–H groups in total. The second kappa shape index (κ2) is 8.57. The van der Waals surface area contributed by atoms with Crippen LogP contribution in [-0.2, 0) is 4.79 Å². The highest BCUT2D eigenvalue weighted by Crippen LogP contribution is 2.25. The minimum atomic E-state index is -0.0379. The highest BCUT2D eigenvalue weighted by molar-refractivity contribution is 5.79. The molecule has 0 aliphatic rings. The van der Waals surface area contributed by atoms with Gasteiger partial charge in [0.2, 0.25) is 5.91 Å². The van der Waals surface area contributed by atoms with E-state index in [2.05, 4.69) is 41.5 Å². The molecule has 0 saturated heterocycles. The van der Waals surface area contributed by atoms with Crippen LogP contribution in [0, 0.1) is 11.3 Å². The van der Waals surface area contributed by atoms with Gasteiger partial charge < -0.3 is 10.6 Å². The molecule has 0 aromatic heterocycles. The van der Waals surface area contributed by atoms with Crippen LogP contribution in [0.15, 0.2) is 0 Å². The minimum absolute atomic E-state index is 0.0379. The van der Waals surface area contributed by atoms with E-state index in [1.165, 1.54) is 12.8 Å². The Bertz CT molecular complexity index is 256. The standard InChI is InChI=1S/C16H34N2O/c1-7-8-9-10-18(13(2)3)15(19)14(12-17)11-16(4,5)6/h13-14H,7-12,17H2,1-6H3. The monoisotopic (exact) mass is 270 g/mol. The van der Waals surface area contributed by atoms with Crippen molar-refractivity contribution in [2.24, 2.45) is 17.1 Å². The van der Waals surface area contributed by atoms with Crippen LogP contribution in [-0.4, -0.2) is 29.9 Å². The van der Waals surface area contributed by atoms with Gasteiger partial charge in [-0.3, -0.25) is 4.79 Å². The van der Waals surface area contributed by atoms with Crippen molar-refractivity contribution in [2.75, 3.05) is 13.1 Å². The maximum absolute atomic E-state index is 12.6. The van der Waals surface area contributed by atoms with Crippen molar-refractivity contribution in [1.29, 1.82) is 0 Å². The quantitative estimate of drug-likeness (QED) is 0.687. The average molecular weight is 270 g/mol. The first-order valence-electron chi connectivity index (χ1n) is 7.73. The molecule has 114 valence electrons. The molecule has 0 aliphatic heterocycles. The molecular weight excluding hydrogens is 236 g/mol. The number of hydrogen-bond acceptors (Lipinski definition) is 2. The van der Waals surface area contributed by atoms with E-state index in [1.807, 2.05) is 4.90 Å². The van der Waals surface area contributed by atoms with Gasteiger partial charge >= 0.3 is 0 Å². The maximum atomic E-state index is 12.6. The molecule has 0 rings (SSSR count). The number of rotatable bonds is 8. The van der Waals surface area contributed by atoms with Gasteiger partial charge in [0.05, 0.1) is 5.92 Å². The minimum Gasteiger partial charge on any atom is -0.340 e. The number of carbonyl (C=O) groups excluding carboxylic acids is 1. The summed E-state index contributed by atoms with van der Waals surface area (Å²) in [4.78, 5) is 14.6. The molecule has 1 atom stereocenters. The van der Waals surface area contributed by atoms with E-state index in [9.17, 15) is 4.79 Å². The van der Waals surface area contributed by atoms with E-state index in [-0.39, 0.29) is 23.3 Å². The molecule has 0 saturated carbocycles. The van der Waals surface area contributed by atoms with E-state index in [0.29, 0.717) is 6.54 Å². The van der Waals surface area contributed by atoms with Crippen LogP contribution >= 0.6 is 0 Å². The molecule has 0 bridgehead atoms. The van der Waals surface area contributed by atoms with Crippen LogP contribution in [0.4, 0.5) is 0 Å². The SMILES string of the molecule is CCCCCN(C(=O)C(CN)CC(C)(C)C)C(C)C. The van der Waals surface area contributed by atoms with Crippen LogP contribution < -0.4 is 5.73 Å². The van der Waals surface area contributed by atoms with E-state index >= 15 is 0 Å². The molecule has 3 nitrogen and oxygen atoms in total. The molecule has 1 unspecified atom stereocenters. The second-order valence-electron chi connectivity index (χ2n) is 7.03. The fourth-order valence-corrected chi connectivity index (χ4v) is 2.40. The molecule has 0 spiro atoms. The van der Waals surface area contributed by atoms with E-state index in [0.717, 1.165) is 19.4 Å². The van der Waals surface area contributed by atoms with Crippen molar-refractivity contribution in [3.05, 3.63) is 0 Å². The van der Waals surface area contributed by atoms with Gasteiger partial charge in [-0.1, -0.05) is 40.5 Å². The molecule has 0 radical (unpaired) electrons. The molecule has 0 aromatic carbocycles. The van der Waals surface area contributed by atoms with Crippen LogP contribution in [0.5, 0.6) is 0 Å². The Labute approximate surface area is 119 Å². The number of unbranched alkanes of at least 4 members (excludes halogenated alkanes) is 2. The molecule has 1 amide bonds. The predicted octanol–water partition coefficient (Wildman–Crippen LogP) is 3.42. The summed E-state index contributed by atoms with van der Waals surface area (Å²) in [6, 6.07) is 0.262. The van der Waals surface area contributed by atoms with Crippen LogP contribution in [0.3, 0.4) is 0 Å². The van der Waals surface area contributed by atoms with E-state index in [1.54, 1.807) is 0 Å². The molecule has 0 fully saturated rings. The lowest BCUT2D eigenvalue weighted by molar-refractivity contribution is -0.138. The first-order chi connectivity index (χ1) is 8.72. The average Bonchev–Trinajstić information content (AvgIpc) is 2.29. The Hall–Kier alpha value is -0.570. The topological polar surface area (TPSA) is 46.3 Å². The zero-order chi connectivity index (χ0) is 15.1. The second-order valence-corrected chi connectivity index (χ2v) is 7.03. The zero-order valence-corrected chi connectivity index (χ0v) is 13.8. The van der Waals surface area contributed by atoms with E-state index in [4.69, 9.17) is 5.73 Å². The zero-order valence-electron chi connectivity index (χ0n) is 13.8. The number of hydrogen-bond donors (Lipinski definition) is 1. The van der Waals surface area contributed by atoms with Crippen molar-refractivity contribution in [1.82, 2.24) is 4.90 Å². The highest BCUT2D eigenvalue weighted by Gasteiger charge is 2.28. The van der Waals surface area contributed by atoms with Crippen molar-refractivity contribution in [2.45, 2.75) is 73.3 Å². The fourth-order valence-electron chi connectivity index (χ4n) is 2.40. The summed E-state index contributed by atoms with van der Waals surface area (Å²) >= 11 is 0. The Kier molecular flexibility index (Phi) is 8.31. The van der Waals surface area contributed by atoms with Gasteiger partial charge in [0, 0.05) is 19.1 Å². The summed E-state index contributed by atoms with van der Waals surface area (Å²) in [6.07, 6.45) is 4.32. The van der Waals surface area contributed by atoms with Gasteiger partial charge in [-0.15, -0.1) is 0 Å². The third kappa shape index (κ3) is 7.56.